The van der Waals surface area contributed by atoms with Crippen LogP contribution in [0.5, 0.6) is 0 Å². The van der Waals surface area contributed by atoms with Crippen molar-refractivity contribution in [2.24, 2.45) is 11.8 Å². The van der Waals surface area contributed by atoms with Crippen LogP contribution in [0.3, 0.4) is 0 Å². The first kappa shape index (κ1) is 16.4. The quantitative estimate of drug-likeness (QED) is 0.792. The molecule has 1 aliphatic heterocycles. The van der Waals surface area contributed by atoms with Gasteiger partial charge in [0, 0.05) is 26.7 Å². The Morgan fingerprint density at radius 2 is 1.95 bits per heavy atom. The second kappa shape index (κ2) is 6.67. The molecule has 0 saturated carbocycles. The maximum atomic E-state index is 12.3. The standard InChI is InChI=1S/C12H24N2O4S/c1-4-10(2)9-13(3)19(17,18)14-7-5-11(6-8-14)12(15)16/h10-11H,4-9H2,1-3H3,(H,15,16). The highest BCUT2D eigenvalue weighted by Crippen LogP contribution is 2.21. The van der Waals surface area contributed by atoms with E-state index in [-0.39, 0.29) is 0 Å². The Balaban J connectivity index is 2.62. The van der Waals surface area contributed by atoms with E-state index < -0.39 is 22.1 Å². The molecule has 0 aromatic rings. The summed E-state index contributed by atoms with van der Waals surface area (Å²) in [6.45, 7) is 5.14. The minimum atomic E-state index is -3.44. The Labute approximate surface area is 115 Å². The molecule has 0 radical (unpaired) electrons. The minimum absolute atomic E-state index is 0.296. The van der Waals surface area contributed by atoms with Gasteiger partial charge in [0.2, 0.25) is 0 Å². The molecule has 1 fully saturated rings. The molecule has 112 valence electrons. The van der Waals surface area contributed by atoms with Crippen molar-refractivity contribution in [3.8, 4) is 0 Å². The first-order valence-electron chi connectivity index (χ1n) is 6.73. The van der Waals surface area contributed by atoms with Crippen LogP contribution in [0.4, 0.5) is 0 Å². The third kappa shape index (κ3) is 4.15. The summed E-state index contributed by atoms with van der Waals surface area (Å²) in [5.74, 6) is -0.923. The Hall–Kier alpha value is -0.660. The van der Waals surface area contributed by atoms with Crippen molar-refractivity contribution in [3.63, 3.8) is 0 Å². The predicted molar refractivity (Wildman–Crippen MR) is 72.9 cm³/mol. The van der Waals surface area contributed by atoms with E-state index in [1.54, 1.807) is 7.05 Å². The monoisotopic (exact) mass is 292 g/mol. The maximum absolute atomic E-state index is 12.3. The van der Waals surface area contributed by atoms with Crippen molar-refractivity contribution in [1.82, 2.24) is 8.61 Å². The lowest BCUT2D eigenvalue weighted by molar-refractivity contribution is -0.142. The van der Waals surface area contributed by atoms with Crippen molar-refractivity contribution in [3.05, 3.63) is 0 Å². The summed E-state index contributed by atoms with van der Waals surface area (Å²) in [5, 5.41) is 8.91. The molecule has 1 heterocycles. The molecule has 0 aliphatic carbocycles. The van der Waals surface area contributed by atoms with Crippen LogP contribution in [0.2, 0.25) is 0 Å². The van der Waals surface area contributed by atoms with Gasteiger partial charge in [-0.1, -0.05) is 20.3 Å². The van der Waals surface area contributed by atoms with E-state index >= 15 is 0 Å². The smallest absolute Gasteiger partial charge is 0.306 e. The van der Waals surface area contributed by atoms with E-state index in [4.69, 9.17) is 5.11 Å². The number of aliphatic carboxylic acids is 1. The van der Waals surface area contributed by atoms with Crippen LogP contribution in [-0.2, 0) is 15.0 Å². The summed E-state index contributed by atoms with van der Waals surface area (Å²) in [6.07, 6.45) is 1.72. The highest BCUT2D eigenvalue weighted by Gasteiger charge is 2.33. The molecule has 1 N–H and O–H groups in total. The van der Waals surface area contributed by atoms with E-state index in [0.717, 1.165) is 6.42 Å². The van der Waals surface area contributed by atoms with Gasteiger partial charge in [0.1, 0.15) is 0 Å². The Morgan fingerprint density at radius 1 is 1.42 bits per heavy atom. The number of hydrogen-bond acceptors (Lipinski definition) is 3. The SMILES string of the molecule is CCC(C)CN(C)S(=O)(=O)N1CCC(C(=O)O)CC1. The number of carboxylic acids is 1. The third-order valence-electron chi connectivity index (χ3n) is 3.79. The van der Waals surface area contributed by atoms with Gasteiger partial charge in [-0.2, -0.15) is 17.0 Å². The Kier molecular flexibility index (Phi) is 5.76. The summed E-state index contributed by atoms with van der Waals surface area (Å²) in [4.78, 5) is 10.9. The number of carboxylic acid groups (broad SMARTS) is 1. The molecule has 0 amide bonds. The molecule has 0 bridgehead atoms. The zero-order chi connectivity index (χ0) is 14.6. The van der Waals surface area contributed by atoms with Crippen LogP contribution in [0.25, 0.3) is 0 Å². The van der Waals surface area contributed by atoms with Gasteiger partial charge in [-0.3, -0.25) is 4.79 Å². The molecule has 0 spiro atoms. The van der Waals surface area contributed by atoms with Gasteiger partial charge >= 0.3 is 5.97 Å². The molecule has 19 heavy (non-hydrogen) atoms. The summed E-state index contributed by atoms with van der Waals surface area (Å²) in [6, 6.07) is 0. The Morgan fingerprint density at radius 3 is 2.37 bits per heavy atom. The highest BCUT2D eigenvalue weighted by molar-refractivity contribution is 7.86. The third-order valence-corrected chi connectivity index (χ3v) is 5.74. The van der Waals surface area contributed by atoms with E-state index in [9.17, 15) is 13.2 Å². The zero-order valence-corrected chi connectivity index (χ0v) is 12.7. The van der Waals surface area contributed by atoms with Crippen molar-refractivity contribution < 1.29 is 18.3 Å². The molecule has 1 rings (SSSR count). The number of nitrogens with zero attached hydrogens (tertiary/aromatic N) is 2. The second-order valence-corrected chi connectivity index (χ2v) is 7.35. The summed E-state index contributed by atoms with van der Waals surface area (Å²) < 4.78 is 27.4. The fourth-order valence-corrected chi connectivity index (χ4v) is 3.70. The van der Waals surface area contributed by atoms with Gasteiger partial charge < -0.3 is 5.11 Å². The van der Waals surface area contributed by atoms with Crippen LogP contribution in [0.1, 0.15) is 33.1 Å². The molecular weight excluding hydrogens is 268 g/mol. The van der Waals surface area contributed by atoms with Crippen LogP contribution >= 0.6 is 0 Å². The van der Waals surface area contributed by atoms with Crippen LogP contribution in [0.15, 0.2) is 0 Å². The van der Waals surface area contributed by atoms with Gasteiger partial charge in [-0.15, -0.1) is 0 Å². The maximum Gasteiger partial charge on any atom is 0.306 e. The predicted octanol–water partition coefficient (Wildman–Crippen LogP) is 1.01. The van der Waals surface area contributed by atoms with Gasteiger partial charge in [-0.25, -0.2) is 0 Å². The van der Waals surface area contributed by atoms with E-state index in [2.05, 4.69) is 0 Å². The largest absolute Gasteiger partial charge is 0.481 e. The lowest BCUT2D eigenvalue weighted by atomic mass is 9.99. The van der Waals surface area contributed by atoms with Crippen LogP contribution in [0, 0.1) is 11.8 Å². The van der Waals surface area contributed by atoms with Gasteiger partial charge in [0.15, 0.2) is 0 Å². The van der Waals surface area contributed by atoms with Crippen molar-refractivity contribution in [1.29, 1.82) is 0 Å². The fraction of sp³-hybridized carbons (Fsp3) is 0.917. The molecule has 6 nitrogen and oxygen atoms in total. The molecule has 1 unspecified atom stereocenters. The average molecular weight is 292 g/mol. The molecule has 7 heteroatoms. The number of carbonyl (C=O) groups is 1. The fourth-order valence-electron chi connectivity index (χ4n) is 2.19. The summed E-state index contributed by atoms with van der Waals surface area (Å²) in [5.41, 5.74) is 0. The van der Waals surface area contributed by atoms with E-state index in [1.807, 2.05) is 13.8 Å². The normalized spacial score (nSPS) is 20.6. The minimum Gasteiger partial charge on any atom is -0.481 e. The van der Waals surface area contributed by atoms with Crippen molar-refractivity contribution >= 4 is 16.2 Å². The number of hydrogen-bond donors (Lipinski definition) is 1. The molecule has 0 aromatic heterocycles. The summed E-state index contributed by atoms with van der Waals surface area (Å²) in [7, 11) is -1.85. The highest BCUT2D eigenvalue weighted by atomic mass is 32.2. The van der Waals surface area contributed by atoms with Crippen molar-refractivity contribution in [2.45, 2.75) is 33.1 Å². The topological polar surface area (TPSA) is 77.9 Å². The summed E-state index contributed by atoms with van der Waals surface area (Å²) >= 11 is 0. The molecule has 1 saturated heterocycles. The number of rotatable bonds is 6. The lowest BCUT2D eigenvalue weighted by Gasteiger charge is -2.33. The van der Waals surface area contributed by atoms with Gasteiger partial charge in [0.05, 0.1) is 5.92 Å². The van der Waals surface area contributed by atoms with Gasteiger partial charge in [0.25, 0.3) is 10.2 Å². The van der Waals surface area contributed by atoms with Crippen LogP contribution in [-0.4, -0.2) is 54.8 Å². The lowest BCUT2D eigenvalue weighted by Crippen LogP contribution is -2.47. The zero-order valence-electron chi connectivity index (χ0n) is 11.9. The average Bonchev–Trinajstić information content (AvgIpc) is 2.38. The van der Waals surface area contributed by atoms with Crippen molar-refractivity contribution in [2.75, 3.05) is 26.7 Å². The first-order chi connectivity index (χ1) is 8.78. The second-order valence-electron chi connectivity index (χ2n) is 5.31. The number of piperidine rings is 1. The first-order valence-corrected chi connectivity index (χ1v) is 8.13. The van der Waals surface area contributed by atoms with E-state index in [0.29, 0.717) is 38.4 Å². The molecule has 0 aromatic carbocycles. The van der Waals surface area contributed by atoms with Crippen LogP contribution < -0.4 is 0 Å². The molecule has 1 atom stereocenters. The van der Waals surface area contributed by atoms with E-state index in [1.165, 1.54) is 8.61 Å². The molecular formula is C12H24N2O4S. The molecule has 1 aliphatic rings. The Bertz CT molecular complexity index is 402. The van der Waals surface area contributed by atoms with Gasteiger partial charge in [-0.05, 0) is 18.8 Å².